The largest absolute Gasteiger partial charge is 0.486 e. The van der Waals surface area contributed by atoms with Gasteiger partial charge in [-0.2, -0.15) is 10.2 Å². The molecule has 1 aliphatic heterocycles. The first-order chi connectivity index (χ1) is 11.2. The number of benzene rings is 1. The van der Waals surface area contributed by atoms with E-state index < -0.39 is 0 Å². The monoisotopic (exact) mass is 308 g/mol. The van der Waals surface area contributed by atoms with Crippen LogP contribution in [0, 0.1) is 6.92 Å². The van der Waals surface area contributed by atoms with Crippen molar-refractivity contribution in [1.82, 2.24) is 19.7 Å². The third kappa shape index (κ3) is 2.47. The van der Waals surface area contributed by atoms with E-state index in [0.717, 1.165) is 42.0 Å². The van der Waals surface area contributed by atoms with Crippen LogP contribution in [-0.4, -0.2) is 33.3 Å². The Hall–Kier alpha value is -2.40. The highest BCUT2D eigenvalue weighted by Gasteiger charge is 2.24. The van der Waals surface area contributed by atoms with Gasteiger partial charge in [-0.15, -0.1) is 0 Å². The van der Waals surface area contributed by atoms with Crippen molar-refractivity contribution >= 4 is 10.9 Å². The summed E-state index contributed by atoms with van der Waals surface area (Å²) in [5.74, 6) is 0.952. The predicted octanol–water partition coefficient (Wildman–Crippen LogP) is 2.76. The van der Waals surface area contributed by atoms with Gasteiger partial charge in [0.2, 0.25) is 0 Å². The quantitative estimate of drug-likeness (QED) is 0.746. The van der Waals surface area contributed by atoms with E-state index in [1.54, 1.807) is 0 Å². The average Bonchev–Trinajstić information content (AvgIpc) is 2.88. The predicted molar refractivity (Wildman–Crippen MR) is 89.4 cm³/mol. The molecule has 0 saturated heterocycles. The van der Waals surface area contributed by atoms with Crippen LogP contribution < -0.4 is 4.74 Å². The molecular weight excluding hydrogens is 288 g/mol. The van der Waals surface area contributed by atoms with Crippen LogP contribution in [0.4, 0.5) is 0 Å². The van der Waals surface area contributed by atoms with Crippen molar-refractivity contribution < 1.29 is 4.74 Å². The summed E-state index contributed by atoms with van der Waals surface area (Å²) in [4.78, 5) is 2.32. The van der Waals surface area contributed by atoms with Crippen LogP contribution in [0.1, 0.15) is 17.0 Å². The fraction of sp³-hybridized carbons (Fsp3) is 0.333. The highest BCUT2D eigenvalue weighted by Crippen LogP contribution is 2.36. The number of fused-ring (bicyclic) bond motifs is 3. The van der Waals surface area contributed by atoms with E-state index in [2.05, 4.69) is 38.8 Å². The smallest absolute Gasteiger partial charge is 0.151 e. The second kappa shape index (κ2) is 5.66. The number of rotatable bonds is 3. The molecule has 0 N–H and O–H groups in total. The number of aryl methyl sites for hydroxylation is 1. The number of likely N-dealkylation sites (N-methyl/N-ethyl adjacent to an activating group) is 1. The van der Waals surface area contributed by atoms with Gasteiger partial charge in [-0.05, 0) is 19.5 Å². The van der Waals surface area contributed by atoms with E-state index in [-0.39, 0.29) is 0 Å². The Morgan fingerprint density at radius 1 is 1.17 bits per heavy atom. The molecule has 23 heavy (non-hydrogen) atoms. The van der Waals surface area contributed by atoms with Crippen LogP contribution in [0.25, 0.3) is 10.9 Å². The molecule has 0 amide bonds. The summed E-state index contributed by atoms with van der Waals surface area (Å²) >= 11 is 0. The molecule has 3 heterocycles. The highest BCUT2D eigenvalue weighted by atomic mass is 16.5. The van der Waals surface area contributed by atoms with E-state index in [1.807, 2.05) is 31.3 Å². The number of ether oxygens (including phenoxy) is 1. The van der Waals surface area contributed by atoms with Crippen molar-refractivity contribution in [2.45, 2.75) is 26.6 Å². The van der Waals surface area contributed by atoms with Crippen molar-refractivity contribution in [3.05, 3.63) is 53.5 Å². The molecule has 0 radical (unpaired) electrons. The molecule has 3 aromatic rings. The molecule has 0 unspecified atom stereocenters. The summed E-state index contributed by atoms with van der Waals surface area (Å²) in [5, 5.41) is 9.43. The van der Waals surface area contributed by atoms with Crippen molar-refractivity contribution in [2.24, 2.45) is 0 Å². The molecule has 0 fully saturated rings. The van der Waals surface area contributed by atoms with Crippen molar-refractivity contribution in [3.8, 4) is 5.75 Å². The third-order valence-electron chi connectivity index (χ3n) is 4.45. The van der Waals surface area contributed by atoms with Gasteiger partial charge in [0, 0.05) is 19.6 Å². The van der Waals surface area contributed by atoms with Crippen LogP contribution in [-0.2, 0) is 19.7 Å². The highest BCUT2D eigenvalue weighted by molar-refractivity contribution is 5.89. The van der Waals surface area contributed by atoms with Crippen molar-refractivity contribution in [1.29, 1.82) is 0 Å². The lowest BCUT2D eigenvalue weighted by molar-refractivity contribution is 0.252. The van der Waals surface area contributed by atoms with E-state index in [9.17, 15) is 0 Å². The fourth-order valence-corrected chi connectivity index (χ4v) is 3.30. The lowest BCUT2D eigenvalue weighted by Gasteiger charge is -2.25. The molecule has 1 aromatic carbocycles. The maximum Gasteiger partial charge on any atom is 0.151 e. The zero-order chi connectivity index (χ0) is 15.8. The van der Waals surface area contributed by atoms with Crippen LogP contribution >= 0.6 is 0 Å². The van der Waals surface area contributed by atoms with Crippen molar-refractivity contribution in [3.63, 3.8) is 0 Å². The Labute approximate surface area is 135 Å². The number of hydrogen-bond acceptors (Lipinski definition) is 4. The van der Waals surface area contributed by atoms with E-state index >= 15 is 0 Å². The number of nitrogens with zero attached hydrogens (tertiary/aromatic N) is 4. The van der Waals surface area contributed by atoms with E-state index in [0.29, 0.717) is 6.61 Å². The molecule has 0 saturated carbocycles. The molecule has 2 aromatic heterocycles. The minimum atomic E-state index is 0.567. The molecule has 0 atom stereocenters. The Morgan fingerprint density at radius 2 is 2.00 bits per heavy atom. The average molecular weight is 308 g/mol. The van der Waals surface area contributed by atoms with E-state index in [4.69, 9.17) is 4.74 Å². The molecule has 0 bridgehead atoms. The van der Waals surface area contributed by atoms with Gasteiger partial charge >= 0.3 is 0 Å². The van der Waals surface area contributed by atoms with Crippen molar-refractivity contribution in [2.75, 3.05) is 13.6 Å². The van der Waals surface area contributed by atoms with Gasteiger partial charge in [0.1, 0.15) is 6.61 Å². The minimum Gasteiger partial charge on any atom is -0.486 e. The SMILES string of the molecule is Cc1nncc2c(OCc3ccccc3)c3n(c12)CCN(C)C3. The number of aromatic nitrogens is 3. The van der Waals surface area contributed by atoms with Crippen LogP contribution in [0.2, 0.25) is 0 Å². The Kier molecular flexibility index (Phi) is 3.50. The molecule has 0 aliphatic carbocycles. The second-order valence-corrected chi connectivity index (χ2v) is 6.13. The van der Waals surface area contributed by atoms with Crippen LogP contribution in [0.3, 0.4) is 0 Å². The molecule has 118 valence electrons. The van der Waals surface area contributed by atoms with Crippen LogP contribution in [0.15, 0.2) is 36.5 Å². The summed E-state index contributed by atoms with van der Waals surface area (Å²) < 4.78 is 8.58. The summed E-state index contributed by atoms with van der Waals surface area (Å²) in [6, 6.07) is 10.3. The molecule has 1 aliphatic rings. The molecule has 0 spiro atoms. The normalized spacial score (nSPS) is 14.9. The topological polar surface area (TPSA) is 43.2 Å². The summed E-state index contributed by atoms with van der Waals surface area (Å²) in [6.07, 6.45) is 1.83. The lowest BCUT2D eigenvalue weighted by Crippen LogP contribution is -2.30. The first-order valence-electron chi connectivity index (χ1n) is 7.92. The Morgan fingerprint density at radius 3 is 2.83 bits per heavy atom. The van der Waals surface area contributed by atoms with E-state index in [1.165, 1.54) is 11.3 Å². The lowest BCUT2D eigenvalue weighted by atomic mass is 10.2. The first kappa shape index (κ1) is 14.2. The zero-order valence-corrected chi connectivity index (χ0v) is 13.5. The molecule has 5 heteroatoms. The van der Waals surface area contributed by atoms with Gasteiger partial charge in [0.15, 0.2) is 5.75 Å². The van der Waals surface area contributed by atoms with Gasteiger partial charge in [-0.25, -0.2) is 0 Å². The Balaban J connectivity index is 1.79. The minimum absolute atomic E-state index is 0.567. The standard InChI is InChI=1S/C18H20N4O/c1-13-17-15(10-19-20-13)18(16-11-21(2)8-9-22(16)17)23-12-14-6-4-3-5-7-14/h3-7,10H,8-9,11-12H2,1-2H3. The Bertz CT molecular complexity index is 841. The van der Waals surface area contributed by atoms with Gasteiger partial charge in [0.05, 0.1) is 28.5 Å². The maximum absolute atomic E-state index is 6.23. The van der Waals surface area contributed by atoms with Crippen LogP contribution in [0.5, 0.6) is 5.75 Å². The summed E-state index contributed by atoms with van der Waals surface area (Å²) in [5.41, 5.74) is 4.51. The van der Waals surface area contributed by atoms with Gasteiger partial charge in [0.25, 0.3) is 0 Å². The van der Waals surface area contributed by atoms with Gasteiger partial charge < -0.3 is 9.30 Å². The molecule has 5 nitrogen and oxygen atoms in total. The summed E-state index contributed by atoms with van der Waals surface area (Å²) in [6.45, 7) is 5.47. The van der Waals surface area contributed by atoms with Gasteiger partial charge in [-0.1, -0.05) is 30.3 Å². The number of hydrogen-bond donors (Lipinski definition) is 0. The van der Waals surface area contributed by atoms with Gasteiger partial charge in [-0.3, -0.25) is 4.90 Å². The fourth-order valence-electron chi connectivity index (χ4n) is 3.30. The summed E-state index contributed by atoms with van der Waals surface area (Å²) in [7, 11) is 2.14. The molecule has 4 rings (SSSR count). The second-order valence-electron chi connectivity index (χ2n) is 6.13. The third-order valence-corrected chi connectivity index (χ3v) is 4.45. The zero-order valence-electron chi connectivity index (χ0n) is 13.5. The molecular formula is C18H20N4O. The maximum atomic E-state index is 6.23. The first-order valence-corrected chi connectivity index (χ1v) is 7.92.